The minimum atomic E-state index is -0.369. The largest absolute Gasteiger partial charge is 0.393 e. The zero-order valence-corrected chi connectivity index (χ0v) is 19.4. The molecule has 0 radical (unpaired) electrons. The van der Waals surface area contributed by atoms with Crippen molar-refractivity contribution >= 4 is 16.6 Å². The number of nitrogens with zero attached hydrogens (tertiary/aromatic N) is 5. The van der Waals surface area contributed by atoms with Crippen molar-refractivity contribution in [3.8, 4) is 22.5 Å². The maximum atomic E-state index is 13.6. The lowest BCUT2D eigenvalue weighted by atomic mass is 10.0. The number of morpholine rings is 1. The average Bonchev–Trinajstić information content (AvgIpc) is 3.35. The van der Waals surface area contributed by atoms with E-state index in [1.54, 1.807) is 23.3 Å². The van der Waals surface area contributed by atoms with Gasteiger partial charge < -0.3 is 14.7 Å². The maximum Gasteiger partial charge on any atom is 0.261 e. The second-order valence-electron chi connectivity index (χ2n) is 9.22. The smallest absolute Gasteiger partial charge is 0.261 e. The topological polar surface area (TPSA) is 93.4 Å². The summed E-state index contributed by atoms with van der Waals surface area (Å²) >= 11 is 0. The van der Waals surface area contributed by atoms with Gasteiger partial charge in [-0.05, 0) is 49.6 Å². The standard InChI is InChI=1S/C27H27N5O3/c33-22-8-7-21(14-22)32-17-29-26-23(27(32)34)15-24(30-25(26)19-2-1-9-28-16-19)18-3-5-20(6-4-18)31-10-12-35-13-11-31/h1-6,9,15-17,21-22,33H,7-8,10-14H2. The van der Waals surface area contributed by atoms with E-state index in [9.17, 15) is 9.90 Å². The van der Waals surface area contributed by atoms with Gasteiger partial charge in [0.05, 0.1) is 42.4 Å². The van der Waals surface area contributed by atoms with E-state index >= 15 is 0 Å². The van der Waals surface area contributed by atoms with Crippen LogP contribution in [0.15, 0.2) is 66.0 Å². The average molecular weight is 470 g/mol. The molecule has 35 heavy (non-hydrogen) atoms. The fourth-order valence-corrected chi connectivity index (χ4v) is 5.11. The van der Waals surface area contributed by atoms with Gasteiger partial charge >= 0.3 is 0 Å². The molecule has 1 saturated heterocycles. The Morgan fingerprint density at radius 2 is 1.86 bits per heavy atom. The Labute approximate surface area is 202 Å². The van der Waals surface area contributed by atoms with E-state index < -0.39 is 0 Å². The van der Waals surface area contributed by atoms with Gasteiger partial charge in [-0.2, -0.15) is 0 Å². The van der Waals surface area contributed by atoms with Crippen molar-refractivity contribution in [1.29, 1.82) is 0 Å². The number of rotatable bonds is 4. The fourth-order valence-electron chi connectivity index (χ4n) is 5.11. The van der Waals surface area contributed by atoms with Crippen molar-refractivity contribution in [3.63, 3.8) is 0 Å². The summed E-state index contributed by atoms with van der Waals surface area (Å²) in [5, 5.41) is 10.5. The first-order chi connectivity index (χ1) is 17.2. The highest BCUT2D eigenvalue weighted by molar-refractivity contribution is 5.93. The molecule has 1 aromatic carbocycles. The van der Waals surface area contributed by atoms with E-state index in [1.807, 2.05) is 30.3 Å². The zero-order chi connectivity index (χ0) is 23.8. The van der Waals surface area contributed by atoms with E-state index in [1.165, 1.54) is 0 Å². The normalized spacial score (nSPS) is 20.4. The monoisotopic (exact) mass is 469 g/mol. The van der Waals surface area contributed by atoms with Crippen molar-refractivity contribution in [1.82, 2.24) is 19.5 Å². The SMILES string of the molecule is O=c1c2cc(-c3ccc(N4CCOCC4)cc3)nc(-c3cccnc3)c2ncn1C1CCC(O)C1. The summed E-state index contributed by atoms with van der Waals surface area (Å²) < 4.78 is 7.14. The van der Waals surface area contributed by atoms with Crippen LogP contribution in [0.5, 0.6) is 0 Å². The van der Waals surface area contributed by atoms with Crippen LogP contribution in [-0.2, 0) is 4.74 Å². The molecular formula is C27H27N5O3. The van der Waals surface area contributed by atoms with Crippen LogP contribution in [0, 0.1) is 0 Å². The van der Waals surface area contributed by atoms with Gasteiger partial charge in [0.15, 0.2) is 0 Å². The number of aromatic nitrogens is 4. The van der Waals surface area contributed by atoms with Crippen LogP contribution in [0.3, 0.4) is 0 Å². The second-order valence-corrected chi connectivity index (χ2v) is 9.22. The number of hydrogen-bond acceptors (Lipinski definition) is 7. The summed E-state index contributed by atoms with van der Waals surface area (Å²) in [6.07, 6.45) is 6.73. The maximum absolute atomic E-state index is 13.6. The molecule has 2 unspecified atom stereocenters. The number of aliphatic hydroxyl groups excluding tert-OH is 1. The molecular weight excluding hydrogens is 442 g/mol. The fraction of sp³-hybridized carbons (Fsp3) is 0.333. The van der Waals surface area contributed by atoms with Gasteiger partial charge in [0.2, 0.25) is 0 Å². The molecule has 2 fully saturated rings. The van der Waals surface area contributed by atoms with Gasteiger partial charge in [-0.15, -0.1) is 0 Å². The highest BCUT2D eigenvalue weighted by atomic mass is 16.5. The number of ether oxygens (including phenoxy) is 1. The molecule has 0 spiro atoms. The third-order valence-electron chi connectivity index (χ3n) is 7.01. The number of pyridine rings is 2. The van der Waals surface area contributed by atoms with Gasteiger partial charge in [-0.25, -0.2) is 9.97 Å². The van der Waals surface area contributed by atoms with E-state index in [2.05, 4.69) is 27.0 Å². The number of hydrogen-bond donors (Lipinski definition) is 1. The summed E-state index contributed by atoms with van der Waals surface area (Å²) in [4.78, 5) is 29.8. The Hall–Kier alpha value is -3.62. The van der Waals surface area contributed by atoms with Crippen LogP contribution in [0.25, 0.3) is 33.4 Å². The van der Waals surface area contributed by atoms with E-state index in [4.69, 9.17) is 9.72 Å². The quantitative estimate of drug-likeness (QED) is 0.489. The van der Waals surface area contributed by atoms with Crippen molar-refractivity contribution in [3.05, 3.63) is 71.5 Å². The van der Waals surface area contributed by atoms with E-state index in [-0.39, 0.29) is 17.7 Å². The third-order valence-corrected chi connectivity index (χ3v) is 7.01. The van der Waals surface area contributed by atoms with Crippen molar-refractivity contribution in [2.24, 2.45) is 0 Å². The molecule has 8 nitrogen and oxygen atoms in total. The number of aliphatic hydroxyl groups is 1. The summed E-state index contributed by atoms with van der Waals surface area (Å²) in [6.45, 7) is 3.22. The lowest BCUT2D eigenvalue weighted by molar-refractivity contribution is 0.122. The van der Waals surface area contributed by atoms with Crippen LogP contribution in [0.2, 0.25) is 0 Å². The van der Waals surface area contributed by atoms with Gasteiger partial charge in [-0.3, -0.25) is 14.3 Å². The van der Waals surface area contributed by atoms with Crippen LogP contribution < -0.4 is 10.5 Å². The Morgan fingerprint density at radius 3 is 2.57 bits per heavy atom. The van der Waals surface area contributed by atoms with Gasteiger partial charge in [-0.1, -0.05) is 12.1 Å². The van der Waals surface area contributed by atoms with E-state index in [0.29, 0.717) is 35.1 Å². The Kier molecular flexibility index (Phi) is 5.75. The number of anilines is 1. The zero-order valence-electron chi connectivity index (χ0n) is 19.4. The predicted molar refractivity (Wildman–Crippen MR) is 134 cm³/mol. The molecule has 8 heteroatoms. The lowest BCUT2D eigenvalue weighted by Crippen LogP contribution is -2.36. The molecule has 1 aliphatic carbocycles. The first-order valence-corrected chi connectivity index (χ1v) is 12.1. The Morgan fingerprint density at radius 1 is 1.03 bits per heavy atom. The van der Waals surface area contributed by atoms with Crippen LogP contribution in [-0.4, -0.2) is 57.0 Å². The van der Waals surface area contributed by atoms with E-state index in [0.717, 1.165) is 49.5 Å². The first-order valence-electron chi connectivity index (χ1n) is 12.1. The molecule has 2 atom stereocenters. The summed E-state index contributed by atoms with van der Waals surface area (Å²) in [7, 11) is 0. The van der Waals surface area contributed by atoms with Crippen LogP contribution in [0.1, 0.15) is 25.3 Å². The molecule has 0 bridgehead atoms. The molecule has 4 aromatic rings. The molecule has 1 saturated carbocycles. The van der Waals surface area contributed by atoms with Gasteiger partial charge in [0.1, 0.15) is 5.52 Å². The molecule has 178 valence electrons. The minimum absolute atomic E-state index is 0.0411. The van der Waals surface area contributed by atoms with Crippen molar-refractivity contribution < 1.29 is 9.84 Å². The molecule has 1 aliphatic heterocycles. The van der Waals surface area contributed by atoms with Gasteiger partial charge in [0, 0.05) is 48.3 Å². The summed E-state index contributed by atoms with van der Waals surface area (Å²) in [6, 6.07) is 13.9. The van der Waals surface area contributed by atoms with Crippen molar-refractivity contribution in [2.75, 3.05) is 31.2 Å². The molecule has 2 aliphatic rings. The van der Waals surface area contributed by atoms with Crippen LogP contribution in [0.4, 0.5) is 5.69 Å². The lowest BCUT2D eigenvalue weighted by Gasteiger charge is -2.28. The molecule has 1 N–H and O–H groups in total. The molecule has 4 heterocycles. The Balaban J connectivity index is 1.47. The highest BCUT2D eigenvalue weighted by Crippen LogP contribution is 2.32. The summed E-state index contributed by atoms with van der Waals surface area (Å²) in [5.74, 6) is 0. The minimum Gasteiger partial charge on any atom is -0.393 e. The number of benzene rings is 1. The first kappa shape index (κ1) is 21.9. The summed E-state index contributed by atoms with van der Waals surface area (Å²) in [5.41, 5.74) is 4.70. The van der Waals surface area contributed by atoms with Crippen LogP contribution >= 0.6 is 0 Å². The highest BCUT2D eigenvalue weighted by Gasteiger charge is 2.26. The second kappa shape index (κ2) is 9.20. The number of fused-ring (bicyclic) bond motifs is 1. The molecule has 6 rings (SSSR count). The Bertz CT molecular complexity index is 1400. The third kappa shape index (κ3) is 4.19. The van der Waals surface area contributed by atoms with Crippen molar-refractivity contribution in [2.45, 2.75) is 31.4 Å². The molecule has 3 aromatic heterocycles. The molecule has 0 amide bonds. The predicted octanol–water partition coefficient (Wildman–Crippen LogP) is 3.44. The van der Waals surface area contributed by atoms with Gasteiger partial charge in [0.25, 0.3) is 5.56 Å².